The van der Waals surface area contributed by atoms with E-state index in [9.17, 15) is 18.5 Å². The Morgan fingerprint density at radius 2 is 1.70 bits per heavy atom. The molecule has 3 rings (SSSR count). The summed E-state index contributed by atoms with van der Waals surface area (Å²) in [6, 6.07) is 18.6. The van der Waals surface area contributed by atoms with Crippen LogP contribution in [0.2, 0.25) is 0 Å². The van der Waals surface area contributed by atoms with Gasteiger partial charge in [0, 0.05) is 0 Å². The molecule has 1 heterocycles. The van der Waals surface area contributed by atoms with E-state index in [4.69, 9.17) is 9.15 Å². The standard InChI is InChI=1S/C20H13NO5S/c21-14-18(27(23,24)17-5-2-1-3-6-17)13-15-8-10-16(11-9-15)26-20(22)19-7-4-12-25-19/h1-13H. The molecular formula is C20H13NO5S. The molecule has 0 atom stereocenters. The molecule has 0 saturated heterocycles. The lowest BCUT2D eigenvalue weighted by Crippen LogP contribution is -2.07. The van der Waals surface area contributed by atoms with Crippen LogP contribution < -0.4 is 4.74 Å². The lowest BCUT2D eigenvalue weighted by Gasteiger charge is -2.04. The van der Waals surface area contributed by atoms with Crippen LogP contribution in [0.1, 0.15) is 16.1 Å². The van der Waals surface area contributed by atoms with Gasteiger partial charge in [-0.15, -0.1) is 0 Å². The number of benzene rings is 2. The summed E-state index contributed by atoms with van der Waals surface area (Å²) in [7, 11) is -3.91. The monoisotopic (exact) mass is 379 g/mol. The molecule has 0 aliphatic heterocycles. The Balaban J connectivity index is 1.82. The normalized spacial score (nSPS) is 11.6. The van der Waals surface area contributed by atoms with Crippen LogP contribution in [0.4, 0.5) is 0 Å². The minimum Gasteiger partial charge on any atom is -0.457 e. The maximum atomic E-state index is 12.5. The molecule has 0 radical (unpaired) electrons. The highest BCUT2D eigenvalue weighted by Crippen LogP contribution is 2.22. The van der Waals surface area contributed by atoms with Crippen LogP contribution in [0.25, 0.3) is 6.08 Å². The summed E-state index contributed by atoms with van der Waals surface area (Å²) in [5.74, 6) is -0.315. The average Bonchev–Trinajstić information content (AvgIpc) is 3.23. The van der Waals surface area contributed by atoms with Gasteiger partial charge in [0.2, 0.25) is 15.6 Å². The van der Waals surface area contributed by atoms with Crippen LogP contribution in [0.3, 0.4) is 0 Å². The molecule has 0 aliphatic carbocycles. The van der Waals surface area contributed by atoms with Crippen LogP contribution in [-0.2, 0) is 9.84 Å². The number of nitriles is 1. The van der Waals surface area contributed by atoms with Crippen molar-refractivity contribution in [3.05, 3.63) is 89.2 Å². The van der Waals surface area contributed by atoms with Crippen molar-refractivity contribution < 1.29 is 22.4 Å². The van der Waals surface area contributed by atoms with Crippen molar-refractivity contribution in [2.75, 3.05) is 0 Å². The molecule has 0 amide bonds. The molecule has 27 heavy (non-hydrogen) atoms. The van der Waals surface area contributed by atoms with E-state index in [2.05, 4.69) is 0 Å². The van der Waals surface area contributed by atoms with E-state index in [0.717, 1.165) is 0 Å². The zero-order valence-electron chi connectivity index (χ0n) is 13.9. The molecule has 0 unspecified atom stereocenters. The highest BCUT2D eigenvalue weighted by Gasteiger charge is 2.20. The summed E-state index contributed by atoms with van der Waals surface area (Å²) < 4.78 is 35.2. The number of hydrogen-bond donors (Lipinski definition) is 0. The van der Waals surface area contributed by atoms with E-state index in [-0.39, 0.29) is 21.3 Å². The number of carbonyl (C=O) groups is 1. The number of allylic oxidation sites excluding steroid dienone is 1. The number of ether oxygens (including phenoxy) is 1. The van der Waals surface area contributed by atoms with Gasteiger partial charge in [-0.1, -0.05) is 30.3 Å². The van der Waals surface area contributed by atoms with Crippen LogP contribution in [0.5, 0.6) is 5.75 Å². The smallest absolute Gasteiger partial charge is 0.379 e. The summed E-state index contributed by atoms with van der Waals surface area (Å²) in [5, 5.41) is 9.29. The number of furan rings is 1. The van der Waals surface area contributed by atoms with Crippen molar-refractivity contribution >= 4 is 21.9 Å². The SMILES string of the molecule is N#CC(=Cc1ccc(OC(=O)c2ccco2)cc1)S(=O)(=O)c1ccccc1. The first-order chi connectivity index (χ1) is 13.0. The van der Waals surface area contributed by atoms with Gasteiger partial charge >= 0.3 is 5.97 Å². The van der Waals surface area contributed by atoms with Gasteiger partial charge in [0.25, 0.3) is 0 Å². The van der Waals surface area contributed by atoms with Gasteiger partial charge in [0.15, 0.2) is 0 Å². The largest absolute Gasteiger partial charge is 0.457 e. The van der Waals surface area contributed by atoms with Crippen molar-refractivity contribution in [1.29, 1.82) is 5.26 Å². The molecular weight excluding hydrogens is 366 g/mol. The zero-order chi connectivity index (χ0) is 19.3. The minimum absolute atomic E-state index is 0.0433. The second-order valence-electron chi connectivity index (χ2n) is 5.37. The van der Waals surface area contributed by atoms with Crippen LogP contribution >= 0.6 is 0 Å². The van der Waals surface area contributed by atoms with Gasteiger partial charge in [-0.25, -0.2) is 13.2 Å². The molecule has 1 aromatic heterocycles. The van der Waals surface area contributed by atoms with Gasteiger partial charge in [-0.3, -0.25) is 0 Å². The molecule has 0 aliphatic rings. The molecule has 3 aromatic rings. The molecule has 0 spiro atoms. The molecule has 7 heteroatoms. The summed E-state index contributed by atoms with van der Waals surface area (Å²) in [5.41, 5.74) is 0.476. The molecule has 0 saturated carbocycles. The highest BCUT2D eigenvalue weighted by atomic mass is 32.2. The van der Waals surface area contributed by atoms with Crippen LogP contribution in [0, 0.1) is 11.3 Å². The van der Waals surface area contributed by atoms with E-state index < -0.39 is 15.8 Å². The van der Waals surface area contributed by atoms with Crippen molar-refractivity contribution in [3.63, 3.8) is 0 Å². The quantitative estimate of drug-likeness (QED) is 0.380. The number of hydrogen-bond acceptors (Lipinski definition) is 6. The van der Waals surface area contributed by atoms with Crippen molar-refractivity contribution in [3.8, 4) is 11.8 Å². The Kier molecular flexibility index (Phi) is 5.20. The number of nitrogens with zero attached hydrogens (tertiary/aromatic N) is 1. The third-order valence-corrected chi connectivity index (χ3v) is 5.24. The average molecular weight is 379 g/mol. The van der Waals surface area contributed by atoms with Crippen molar-refractivity contribution in [2.24, 2.45) is 0 Å². The maximum absolute atomic E-state index is 12.5. The molecule has 0 N–H and O–H groups in total. The third-order valence-electron chi connectivity index (χ3n) is 3.56. The van der Waals surface area contributed by atoms with Crippen molar-refractivity contribution in [1.82, 2.24) is 0 Å². The molecule has 134 valence electrons. The van der Waals surface area contributed by atoms with E-state index in [0.29, 0.717) is 5.56 Å². The summed E-state index contributed by atoms with van der Waals surface area (Å²) in [4.78, 5) is 11.5. The fourth-order valence-electron chi connectivity index (χ4n) is 2.23. The predicted octanol–water partition coefficient (Wildman–Crippen LogP) is 3.84. The predicted molar refractivity (Wildman–Crippen MR) is 97.3 cm³/mol. The first-order valence-corrected chi connectivity index (χ1v) is 9.27. The minimum atomic E-state index is -3.91. The van der Waals surface area contributed by atoms with E-state index in [1.165, 1.54) is 42.7 Å². The van der Waals surface area contributed by atoms with Gasteiger partial charge in [0.05, 0.1) is 11.2 Å². The number of esters is 1. The lowest BCUT2D eigenvalue weighted by molar-refractivity contribution is 0.0701. The van der Waals surface area contributed by atoms with Gasteiger partial charge in [0.1, 0.15) is 16.7 Å². The third kappa shape index (κ3) is 4.14. The maximum Gasteiger partial charge on any atom is 0.379 e. The lowest BCUT2D eigenvalue weighted by atomic mass is 10.2. The molecule has 2 aromatic carbocycles. The first-order valence-electron chi connectivity index (χ1n) is 7.78. The Labute approximate surface area is 155 Å². The van der Waals surface area contributed by atoms with E-state index in [1.807, 2.05) is 0 Å². The van der Waals surface area contributed by atoms with E-state index in [1.54, 1.807) is 42.5 Å². The Morgan fingerprint density at radius 1 is 1.00 bits per heavy atom. The van der Waals surface area contributed by atoms with E-state index >= 15 is 0 Å². The number of rotatable bonds is 5. The summed E-state index contributed by atoms with van der Waals surface area (Å²) in [6.07, 6.45) is 2.63. The number of carbonyl (C=O) groups excluding carboxylic acids is 1. The first kappa shape index (κ1) is 18.2. The Hall–Kier alpha value is -3.63. The van der Waals surface area contributed by atoms with Gasteiger partial charge in [-0.2, -0.15) is 5.26 Å². The van der Waals surface area contributed by atoms with Crippen molar-refractivity contribution in [2.45, 2.75) is 4.90 Å². The second kappa shape index (κ2) is 7.72. The van der Waals surface area contributed by atoms with Gasteiger partial charge < -0.3 is 9.15 Å². The Morgan fingerprint density at radius 3 is 2.30 bits per heavy atom. The second-order valence-corrected chi connectivity index (χ2v) is 7.29. The molecule has 6 nitrogen and oxygen atoms in total. The summed E-state index contributed by atoms with van der Waals surface area (Å²) >= 11 is 0. The zero-order valence-corrected chi connectivity index (χ0v) is 14.7. The van der Waals surface area contributed by atoms with Gasteiger partial charge in [-0.05, 0) is 48.0 Å². The summed E-state index contributed by atoms with van der Waals surface area (Å²) in [6.45, 7) is 0. The topological polar surface area (TPSA) is 97.4 Å². The fraction of sp³-hybridized carbons (Fsp3) is 0. The fourth-order valence-corrected chi connectivity index (χ4v) is 3.41. The number of sulfone groups is 1. The van der Waals surface area contributed by atoms with Crippen LogP contribution in [0.15, 0.2) is 87.2 Å². The molecule has 0 bridgehead atoms. The highest BCUT2D eigenvalue weighted by molar-refractivity contribution is 7.95. The Bertz CT molecular complexity index is 1110. The molecule has 0 fully saturated rings. The van der Waals surface area contributed by atoms with Crippen LogP contribution in [-0.4, -0.2) is 14.4 Å².